The van der Waals surface area contributed by atoms with Crippen molar-refractivity contribution in [3.05, 3.63) is 42.1 Å². The molecule has 6 nitrogen and oxygen atoms in total. The lowest BCUT2D eigenvalue weighted by molar-refractivity contribution is 0.577. The third-order valence-electron chi connectivity index (χ3n) is 2.56. The smallest absolute Gasteiger partial charge is 0.257 e. The number of rotatable bonds is 5. The van der Waals surface area contributed by atoms with Crippen molar-refractivity contribution in [1.82, 2.24) is 19.7 Å². The van der Waals surface area contributed by atoms with E-state index in [9.17, 15) is 8.42 Å². The number of aromatic nitrogens is 3. The zero-order valence-electron chi connectivity index (χ0n) is 9.92. The van der Waals surface area contributed by atoms with Gasteiger partial charge in [-0.25, -0.2) is 18.1 Å². The van der Waals surface area contributed by atoms with Crippen LogP contribution in [0.25, 0.3) is 0 Å². The van der Waals surface area contributed by atoms with E-state index in [1.54, 1.807) is 6.20 Å². The van der Waals surface area contributed by atoms with Crippen LogP contribution in [0.4, 0.5) is 0 Å². The second-order valence-electron chi connectivity index (χ2n) is 3.70. The molecule has 0 atom stereocenters. The van der Waals surface area contributed by atoms with Gasteiger partial charge in [0.2, 0.25) is 0 Å². The Morgan fingerprint density at radius 3 is 2.94 bits per heavy atom. The van der Waals surface area contributed by atoms with E-state index in [0.29, 0.717) is 0 Å². The standard InChI is InChI=1S/C11H14N4O2S/c1-2-9-4-3-5-13-10(9)6-15-18(16,17)11-7-12-8-14-11/h3-5,7-8,15H,2,6H2,1H3,(H,12,14). The normalized spacial score (nSPS) is 11.6. The van der Waals surface area contributed by atoms with Crippen molar-refractivity contribution >= 4 is 10.0 Å². The lowest BCUT2D eigenvalue weighted by atomic mass is 10.1. The number of pyridine rings is 1. The van der Waals surface area contributed by atoms with Crippen LogP contribution < -0.4 is 4.72 Å². The van der Waals surface area contributed by atoms with Crippen LogP contribution in [0.1, 0.15) is 18.2 Å². The van der Waals surface area contributed by atoms with Crippen LogP contribution in [-0.2, 0) is 23.0 Å². The van der Waals surface area contributed by atoms with Gasteiger partial charge in [-0.15, -0.1) is 0 Å². The molecular weight excluding hydrogens is 252 g/mol. The summed E-state index contributed by atoms with van der Waals surface area (Å²) in [5.41, 5.74) is 1.77. The minimum Gasteiger partial charge on any atom is -0.335 e. The number of hydrogen-bond acceptors (Lipinski definition) is 4. The summed E-state index contributed by atoms with van der Waals surface area (Å²) in [7, 11) is -3.55. The second-order valence-corrected chi connectivity index (χ2v) is 5.44. The van der Waals surface area contributed by atoms with E-state index in [1.165, 1.54) is 12.5 Å². The first-order valence-electron chi connectivity index (χ1n) is 5.54. The third kappa shape index (κ3) is 2.74. The molecule has 2 N–H and O–H groups in total. The van der Waals surface area contributed by atoms with Crippen molar-refractivity contribution < 1.29 is 8.42 Å². The molecule has 2 aromatic rings. The number of H-pyrrole nitrogens is 1. The third-order valence-corrected chi connectivity index (χ3v) is 3.88. The second kappa shape index (κ2) is 5.28. The van der Waals surface area contributed by atoms with E-state index in [4.69, 9.17) is 0 Å². The Hall–Kier alpha value is -1.73. The molecule has 7 heteroatoms. The predicted molar refractivity (Wildman–Crippen MR) is 66.2 cm³/mol. The number of nitrogens with zero attached hydrogens (tertiary/aromatic N) is 2. The Kier molecular flexibility index (Phi) is 3.73. The van der Waals surface area contributed by atoms with Gasteiger partial charge in [0.25, 0.3) is 10.0 Å². The molecule has 2 heterocycles. The minimum atomic E-state index is -3.55. The minimum absolute atomic E-state index is 0.0523. The maximum absolute atomic E-state index is 11.9. The molecule has 0 amide bonds. The average molecular weight is 266 g/mol. The van der Waals surface area contributed by atoms with E-state index >= 15 is 0 Å². The molecule has 0 radical (unpaired) electrons. The Balaban J connectivity index is 2.13. The van der Waals surface area contributed by atoms with Crippen molar-refractivity contribution in [1.29, 1.82) is 0 Å². The zero-order valence-corrected chi connectivity index (χ0v) is 10.7. The Morgan fingerprint density at radius 2 is 2.28 bits per heavy atom. The number of imidazole rings is 1. The van der Waals surface area contributed by atoms with Gasteiger partial charge in [0.05, 0.1) is 24.8 Å². The van der Waals surface area contributed by atoms with Gasteiger partial charge in [-0.2, -0.15) is 0 Å². The van der Waals surface area contributed by atoms with Gasteiger partial charge in [0, 0.05) is 6.20 Å². The van der Waals surface area contributed by atoms with Crippen LogP contribution in [0.3, 0.4) is 0 Å². The van der Waals surface area contributed by atoms with Crippen molar-refractivity contribution in [3.63, 3.8) is 0 Å². The highest BCUT2D eigenvalue weighted by Gasteiger charge is 2.15. The molecule has 2 rings (SSSR count). The molecular formula is C11H14N4O2S. The van der Waals surface area contributed by atoms with E-state index in [0.717, 1.165) is 17.7 Å². The molecule has 2 aromatic heterocycles. The number of aromatic amines is 1. The van der Waals surface area contributed by atoms with Gasteiger partial charge in [0.15, 0.2) is 5.03 Å². The predicted octanol–water partition coefficient (Wildman–Crippen LogP) is 0.846. The molecule has 0 saturated heterocycles. The molecule has 0 bridgehead atoms. The Bertz CT molecular complexity index is 608. The van der Waals surface area contributed by atoms with Crippen LogP contribution >= 0.6 is 0 Å². The largest absolute Gasteiger partial charge is 0.335 e. The highest BCUT2D eigenvalue weighted by molar-refractivity contribution is 7.89. The molecule has 0 saturated carbocycles. The fourth-order valence-corrected chi connectivity index (χ4v) is 2.47. The summed E-state index contributed by atoms with van der Waals surface area (Å²) >= 11 is 0. The summed E-state index contributed by atoms with van der Waals surface area (Å²) in [5, 5.41) is 0.0523. The van der Waals surface area contributed by atoms with Gasteiger partial charge in [-0.05, 0) is 18.1 Å². The van der Waals surface area contributed by atoms with Crippen LogP contribution in [0.5, 0.6) is 0 Å². The summed E-state index contributed by atoms with van der Waals surface area (Å²) in [6.07, 6.45) is 5.06. The van der Waals surface area contributed by atoms with Gasteiger partial charge < -0.3 is 4.98 Å². The topological polar surface area (TPSA) is 87.7 Å². The van der Waals surface area contributed by atoms with Gasteiger partial charge >= 0.3 is 0 Å². The van der Waals surface area contributed by atoms with E-state index in [-0.39, 0.29) is 11.6 Å². The first-order chi connectivity index (χ1) is 8.63. The van der Waals surface area contributed by atoms with E-state index in [1.807, 2.05) is 19.1 Å². The maximum Gasteiger partial charge on any atom is 0.257 e. The van der Waals surface area contributed by atoms with Crippen molar-refractivity contribution in [2.45, 2.75) is 24.9 Å². The number of hydrogen-bond donors (Lipinski definition) is 2. The first kappa shape index (κ1) is 12.7. The molecule has 18 heavy (non-hydrogen) atoms. The lowest BCUT2D eigenvalue weighted by Crippen LogP contribution is -2.24. The zero-order chi connectivity index (χ0) is 13.0. The van der Waals surface area contributed by atoms with Gasteiger partial charge in [-0.1, -0.05) is 13.0 Å². The number of nitrogens with one attached hydrogen (secondary N) is 2. The quantitative estimate of drug-likeness (QED) is 0.839. The Morgan fingerprint density at radius 1 is 1.44 bits per heavy atom. The highest BCUT2D eigenvalue weighted by atomic mass is 32.2. The number of aryl methyl sites for hydroxylation is 1. The van der Waals surface area contributed by atoms with Gasteiger partial charge in [-0.3, -0.25) is 4.98 Å². The van der Waals surface area contributed by atoms with Crippen molar-refractivity contribution in [2.75, 3.05) is 0 Å². The van der Waals surface area contributed by atoms with Crippen LogP contribution in [-0.4, -0.2) is 23.4 Å². The van der Waals surface area contributed by atoms with Gasteiger partial charge in [0.1, 0.15) is 0 Å². The molecule has 96 valence electrons. The molecule has 0 aliphatic heterocycles. The van der Waals surface area contributed by atoms with Crippen molar-refractivity contribution in [2.24, 2.45) is 0 Å². The molecule has 0 aromatic carbocycles. The fraction of sp³-hybridized carbons (Fsp3) is 0.273. The highest BCUT2D eigenvalue weighted by Crippen LogP contribution is 2.08. The fourth-order valence-electron chi connectivity index (χ4n) is 1.58. The lowest BCUT2D eigenvalue weighted by Gasteiger charge is -2.07. The maximum atomic E-state index is 11.9. The van der Waals surface area contributed by atoms with Crippen molar-refractivity contribution in [3.8, 4) is 0 Å². The first-order valence-corrected chi connectivity index (χ1v) is 7.02. The summed E-state index contributed by atoms with van der Waals surface area (Å²) in [5.74, 6) is 0. The summed E-state index contributed by atoms with van der Waals surface area (Å²) < 4.78 is 26.2. The molecule has 0 fully saturated rings. The summed E-state index contributed by atoms with van der Waals surface area (Å²) in [6.45, 7) is 2.18. The van der Waals surface area contributed by atoms with E-state index < -0.39 is 10.0 Å². The number of sulfonamides is 1. The summed E-state index contributed by atoms with van der Waals surface area (Å²) in [6, 6.07) is 3.78. The molecule has 0 unspecified atom stereocenters. The Labute approximate surface area is 106 Å². The van der Waals surface area contributed by atoms with E-state index in [2.05, 4.69) is 19.7 Å². The van der Waals surface area contributed by atoms with Crippen LogP contribution in [0.2, 0.25) is 0 Å². The molecule has 0 aliphatic carbocycles. The van der Waals surface area contributed by atoms with Crippen LogP contribution in [0.15, 0.2) is 35.9 Å². The SMILES string of the molecule is CCc1cccnc1CNS(=O)(=O)c1cnc[nH]1. The monoisotopic (exact) mass is 266 g/mol. The molecule has 0 spiro atoms. The summed E-state index contributed by atoms with van der Waals surface area (Å²) in [4.78, 5) is 10.4. The molecule has 0 aliphatic rings. The average Bonchev–Trinajstić information content (AvgIpc) is 2.91. The van der Waals surface area contributed by atoms with Crippen LogP contribution in [0, 0.1) is 0 Å².